The molecule has 170 valence electrons. The highest BCUT2D eigenvalue weighted by Crippen LogP contribution is 2.63. The number of carbonyl (C=O) groups excluding carboxylic acids is 2. The van der Waals surface area contributed by atoms with Crippen molar-refractivity contribution in [1.82, 2.24) is 20.8 Å². The molecule has 0 saturated heterocycles. The minimum atomic E-state index is -2.51. The Bertz CT molecular complexity index is 967. The van der Waals surface area contributed by atoms with Crippen molar-refractivity contribution < 1.29 is 24.3 Å². The average molecular weight is 448 g/mol. The highest BCUT2D eigenvalue weighted by Gasteiger charge is 2.58. The van der Waals surface area contributed by atoms with E-state index in [0.717, 1.165) is 5.56 Å². The Hall–Kier alpha value is -2.43. The molecule has 1 unspecified atom stereocenters. The number of benzene rings is 1. The molecule has 1 atom stereocenters. The Labute approximate surface area is 198 Å². The van der Waals surface area contributed by atoms with Crippen molar-refractivity contribution in [1.29, 1.82) is 0 Å². The van der Waals surface area contributed by atoms with Gasteiger partial charge in [0.2, 0.25) is 24.1 Å². The van der Waals surface area contributed by atoms with Gasteiger partial charge in [-0.15, -0.1) is 0 Å². The number of aliphatic hydroxyl groups is 2. The van der Waals surface area contributed by atoms with E-state index in [1.807, 2.05) is 61.7 Å². The molecule has 2 amide bonds. The van der Waals surface area contributed by atoms with Crippen molar-refractivity contribution in [3.05, 3.63) is 47.6 Å². The first-order valence-corrected chi connectivity index (χ1v) is 10.7. The Morgan fingerprint density at radius 2 is 1.73 bits per heavy atom. The largest absolute Gasteiger partial charge is 0.354 e. The van der Waals surface area contributed by atoms with Crippen molar-refractivity contribution >= 4 is 59.4 Å². The van der Waals surface area contributed by atoms with Crippen molar-refractivity contribution in [2.24, 2.45) is 5.73 Å². The molecule has 6 N–H and O–H groups in total. The predicted molar refractivity (Wildman–Crippen MR) is 139 cm³/mol. The number of hydrogen-bond donors (Lipinski definition) is 5. The number of nitrogens with zero attached hydrogens (tertiary/aromatic N) is 2. The van der Waals surface area contributed by atoms with Gasteiger partial charge in [0.15, 0.2) is 5.82 Å². The first kappa shape index (κ1) is 26.8. The Morgan fingerprint density at radius 3 is 2.27 bits per heavy atom. The van der Waals surface area contributed by atoms with Gasteiger partial charge in [0.1, 0.15) is 31.4 Å². The zero-order valence-electron chi connectivity index (χ0n) is 20.0. The lowest BCUT2D eigenvalue weighted by atomic mass is 9.16. The number of nitrogens with one attached hydrogen (secondary N) is 2. The van der Waals surface area contributed by atoms with E-state index in [0.29, 0.717) is 18.7 Å². The average Bonchev–Trinajstić information content (AvgIpc) is 3.17. The minimum Gasteiger partial charge on any atom is -0.354 e. The maximum Gasteiger partial charge on any atom is 0.248 e. The number of amides is 2. The normalized spacial score (nSPS) is 13.8. The van der Waals surface area contributed by atoms with E-state index in [2.05, 4.69) is 20.8 Å². The van der Waals surface area contributed by atoms with Crippen LogP contribution in [0.1, 0.15) is 23.3 Å². The van der Waals surface area contributed by atoms with Crippen LogP contribution in [0.5, 0.6) is 0 Å². The zero-order chi connectivity index (χ0) is 25.1. The van der Waals surface area contributed by atoms with Crippen LogP contribution >= 0.6 is 0 Å². The van der Waals surface area contributed by atoms with Gasteiger partial charge in [-0.3, -0.25) is 15.3 Å². The summed E-state index contributed by atoms with van der Waals surface area (Å²) in [7, 11) is 10.6. The molecule has 2 aromatic rings. The van der Waals surface area contributed by atoms with Gasteiger partial charge in [-0.2, -0.15) is 4.98 Å². The molecule has 0 saturated carbocycles. The molecule has 1 heterocycles. The SMILES string of the molecule is BC(B)(C(NC(=O)CNC=O)c1nc(Cc2ccccc2)no1)C(B)(B)C(B)(B)C(N)(O)O. The lowest BCUT2D eigenvalue weighted by Crippen LogP contribution is -2.62. The van der Waals surface area contributed by atoms with Crippen LogP contribution in [0.3, 0.4) is 0 Å². The lowest BCUT2D eigenvalue weighted by Gasteiger charge is -2.58. The molecular weight excluding hydrogens is 419 g/mol. The fraction of sp³-hybridized carbons (Fsp3) is 0.412. The fourth-order valence-electron chi connectivity index (χ4n) is 3.76. The molecule has 0 aliphatic heterocycles. The molecule has 33 heavy (non-hydrogen) atoms. The van der Waals surface area contributed by atoms with Gasteiger partial charge in [0.25, 0.3) is 0 Å². The number of aromatic nitrogens is 2. The van der Waals surface area contributed by atoms with Crippen LogP contribution in [0.2, 0.25) is 15.6 Å². The first-order valence-electron chi connectivity index (χ1n) is 10.7. The van der Waals surface area contributed by atoms with Crippen LogP contribution in [0.4, 0.5) is 0 Å². The Kier molecular flexibility index (Phi) is 7.98. The monoisotopic (exact) mass is 449 g/mol. The fourth-order valence-corrected chi connectivity index (χ4v) is 3.76. The molecule has 0 fully saturated rings. The number of hydrogen-bond acceptors (Lipinski definition) is 8. The van der Waals surface area contributed by atoms with Crippen molar-refractivity contribution in [3.63, 3.8) is 0 Å². The number of carbonyl (C=O) groups is 2. The van der Waals surface area contributed by atoms with Gasteiger partial charge in [-0.25, -0.2) is 0 Å². The van der Waals surface area contributed by atoms with Crippen LogP contribution in [-0.2, 0) is 16.0 Å². The van der Waals surface area contributed by atoms with E-state index in [4.69, 9.17) is 10.3 Å². The van der Waals surface area contributed by atoms with Gasteiger partial charge in [-0.05, 0) is 10.8 Å². The lowest BCUT2D eigenvalue weighted by molar-refractivity contribution is -0.173. The second kappa shape index (κ2) is 9.82. The third-order valence-electron chi connectivity index (χ3n) is 7.40. The summed E-state index contributed by atoms with van der Waals surface area (Å²) in [5, 5.41) is 26.9. The van der Waals surface area contributed by atoms with Gasteiger partial charge in [0, 0.05) is 6.42 Å². The maximum atomic E-state index is 12.6. The molecule has 1 aromatic carbocycles. The van der Waals surface area contributed by atoms with E-state index in [-0.39, 0.29) is 12.4 Å². The molecule has 16 heteroatoms. The van der Waals surface area contributed by atoms with E-state index < -0.39 is 33.5 Å². The molecule has 2 rings (SSSR count). The van der Waals surface area contributed by atoms with Gasteiger partial charge >= 0.3 is 0 Å². The summed E-state index contributed by atoms with van der Waals surface area (Å²) in [4.78, 5) is 27.7. The molecule has 0 bridgehead atoms. The van der Waals surface area contributed by atoms with E-state index in [1.54, 1.807) is 15.7 Å². The smallest absolute Gasteiger partial charge is 0.248 e. The minimum absolute atomic E-state index is 0.160. The Morgan fingerprint density at radius 1 is 1.12 bits per heavy atom. The summed E-state index contributed by atoms with van der Waals surface area (Å²) in [6.07, 6.45) is 0.865. The Balaban J connectivity index is 2.47. The third kappa shape index (κ3) is 5.56. The van der Waals surface area contributed by atoms with E-state index in [9.17, 15) is 19.8 Å². The van der Waals surface area contributed by atoms with Crippen molar-refractivity contribution in [2.45, 2.75) is 34.0 Å². The van der Waals surface area contributed by atoms with Crippen LogP contribution in [0.15, 0.2) is 34.9 Å². The summed E-state index contributed by atoms with van der Waals surface area (Å²) < 4.78 is 5.56. The molecule has 0 radical (unpaired) electrons. The van der Waals surface area contributed by atoms with E-state index >= 15 is 0 Å². The summed E-state index contributed by atoms with van der Waals surface area (Å²) in [6, 6.07) is 8.80. The number of rotatable bonds is 11. The van der Waals surface area contributed by atoms with Gasteiger partial charge in [-0.1, -0.05) is 45.9 Å². The summed E-state index contributed by atoms with van der Waals surface area (Å²) in [5.41, 5.74) is 6.71. The topological polar surface area (TPSA) is 164 Å². The number of nitrogens with two attached hydrogens (primary N) is 1. The quantitative estimate of drug-likeness (QED) is 0.129. The summed E-state index contributed by atoms with van der Waals surface area (Å²) in [6.45, 7) is -0.244. The highest BCUT2D eigenvalue weighted by molar-refractivity contribution is 6.62. The van der Waals surface area contributed by atoms with Crippen molar-refractivity contribution in [2.75, 3.05) is 6.54 Å². The molecule has 1 aromatic heterocycles. The van der Waals surface area contributed by atoms with Gasteiger partial charge in [0.05, 0.1) is 28.3 Å². The zero-order valence-corrected chi connectivity index (χ0v) is 20.0. The summed E-state index contributed by atoms with van der Waals surface area (Å²) >= 11 is 0. The van der Waals surface area contributed by atoms with Crippen LogP contribution in [0, 0.1) is 0 Å². The summed E-state index contributed by atoms with van der Waals surface area (Å²) in [5.74, 6) is -2.38. The van der Waals surface area contributed by atoms with Crippen molar-refractivity contribution in [3.8, 4) is 0 Å². The third-order valence-corrected chi connectivity index (χ3v) is 7.40. The standard InChI is InChI=1S/C17H29B6N5O5/c18-14(19,15(20,21)16(22,23)17(24,31)32)12(27-11(30)7-25-8-29)13-26-10(28-33-13)6-9-4-2-1-3-5-9/h1-5,8,12,31-32H,6-7,18-24H2,(H,25,29)(H,27,30). The van der Waals surface area contributed by atoms with Gasteiger partial charge < -0.3 is 25.4 Å². The van der Waals surface area contributed by atoms with E-state index in [1.165, 1.54) is 0 Å². The first-order chi connectivity index (χ1) is 15.1. The molecule has 0 aliphatic rings. The molecule has 10 nitrogen and oxygen atoms in total. The van der Waals surface area contributed by atoms with Crippen LogP contribution in [-0.4, -0.2) is 92.2 Å². The predicted octanol–water partition coefficient (Wildman–Crippen LogP) is -6.69. The van der Waals surface area contributed by atoms with Crippen LogP contribution < -0.4 is 16.4 Å². The van der Waals surface area contributed by atoms with Crippen LogP contribution in [0.25, 0.3) is 0 Å². The second-order valence-electron chi connectivity index (χ2n) is 9.91. The maximum absolute atomic E-state index is 12.6. The second-order valence-corrected chi connectivity index (χ2v) is 9.91. The highest BCUT2D eigenvalue weighted by atomic mass is 16.5. The molecule has 0 spiro atoms. The molecule has 0 aliphatic carbocycles. The molecular formula is C17H29B6N5O5.